The Morgan fingerprint density at radius 2 is 1.71 bits per heavy atom. The monoisotopic (exact) mass is 721 g/mol. The molecule has 1 heterocycles. The first kappa shape index (κ1) is 37.7. The van der Waals surface area contributed by atoms with Crippen molar-refractivity contribution in [2.24, 2.45) is 0 Å². The molecule has 0 radical (unpaired) electrons. The second kappa shape index (κ2) is 16.0. The summed E-state index contributed by atoms with van der Waals surface area (Å²) < 4.78 is 60.7. The molecule has 4 aromatic rings. The number of rotatable bonds is 15. The first-order chi connectivity index (χ1) is 22.6. The Hall–Kier alpha value is -3.16. The number of hydrogen-bond donors (Lipinski definition) is 1. The molecule has 0 fully saturated rings. The van der Waals surface area contributed by atoms with E-state index >= 15 is 8.78 Å². The molecule has 0 amide bonds. The molecule has 0 saturated heterocycles. The van der Waals surface area contributed by atoms with Gasteiger partial charge < -0.3 is 14.0 Å². The van der Waals surface area contributed by atoms with Crippen molar-refractivity contribution in [3.8, 4) is 11.4 Å². The lowest BCUT2D eigenvalue weighted by molar-refractivity contribution is -0.870. The lowest BCUT2D eigenvalue weighted by atomic mass is 9.81. The Morgan fingerprint density at radius 1 is 1.04 bits per heavy atom. The number of imidazole rings is 1. The third-order valence-electron chi connectivity index (χ3n) is 7.91. The van der Waals surface area contributed by atoms with Crippen LogP contribution in [0, 0.1) is 17.5 Å². The van der Waals surface area contributed by atoms with Gasteiger partial charge in [-0.05, 0) is 78.9 Å². The molecule has 0 aliphatic carbocycles. The number of esters is 1. The molecular weight excluding hydrogens is 681 g/mol. The predicted molar refractivity (Wildman–Crippen MR) is 187 cm³/mol. The summed E-state index contributed by atoms with van der Waals surface area (Å²) in [6, 6.07) is 13.3. The molecule has 3 aromatic carbocycles. The Labute approximate surface area is 293 Å². The molecule has 13 heteroatoms. The molecule has 48 heavy (non-hydrogen) atoms. The number of nitrogens with zero attached hydrogens (tertiary/aromatic N) is 3. The van der Waals surface area contributed by atoms with E-state index in [0.717, 1.165) is 52.4 Å². The van der Waals surface area contributed by atoms with Gasteiger partial charge in [-0.3, -0.25) is 9.36 Å². The average molecular weight is 722 g/mol. The van der Waals surface area contributed by atoms with Crippen LogP contribution in [0.5, 0.6) is 5.75 Å². The predicted octanol–water partition coefficient (Wildman–Crippen LogP) is 8.19. The molecule has 258 valence electrons. The summed E-state index contributed by atoms with van der Waals surface area (Å²) in [5.74, 6) is -1.81. The highest BCUT2D eigenvalue weighted by atomic mass is 35.5. The summed E-state index contributed by atoms with van der Waals surface area (Å²) in [6.07, 6.45) is 2.99. The van der Waals surface area contributed by atoms with Crippen LogP contribution in [0.2, 0.25) is 5.02 Å². The topological polar surface area (TPSA) is 65.4 Å². The number of thioether (sulfide) groups is 1. The molecule has 0 spiro atoms. The van der Waals surface area contributed by atoms with Crippen molar-refractivity contribution in [1.82, 2.24) is 14.3 Å². The highest BCUT2D eigenvalue weighted by molar-refractivity contribution is 7.98. The maximum atomic E-state index is 15.4. The van der Waals surface area contributed by atoms with Crippen molar-refractivity contribution < 1.29 is 31.9 Å². The van der Waals surface area contributed by atoms with Crippen molar-refractivity contribution in [3.63, 3.8) is 0 Å². The van der Waals surface area contributed by atoms with Crippen molar-refractivity contribution in [2.75, 3.05) is 41.9 Å². The maximum absolute atomic E-state index is 15.4. The van der Waals surface area contributed by atoms with E-state index < -0.39 is 34.9 Å². The standard InChI is InChI=1S/C35H41ClF3N4O3S2/c1-35(2,22-10-15-27(36)31(17-22)45-6)32-20-40-34(42(32)24-13-11-23(37)12-14-24)47-21-26-28(38)18-25(19-29(26)39)48-41-30(33(44)46-7)9-8-16-43(3,4)5/h10-15,17-20,30,41H,8-9,16,21H2,1-7H3/q+1. The largest absolute Gasteiger partial charge is 0.495 e. The van der Waals surface area contributed by atoms with Crippen LogP contribution in [-0.4, -0.2) is 68.0 Å². The van der Waals surface area contributed by atoms with Gasteiger partial charge in [0, 0.05) is 27.3 Å². The summed E-state index contributed by atoms with van der Waals surface area (Å²) in [4.78, 5) is 17.3. The van der Waals surface area contributed by atoms with E-state index in [9.17, 15) is 9.18 Å². The van der Waals surface area contributed by atoms with Gasteiger partial charge in [-0.15, -0.1) is 0 Å². The van der Waals surface area contributed by atoms with Gasteiger partial charge in [0.25, 0.3) is 0 Å². The maximum Gasteiger partial charge on any atom is 0.323 e. The number of aromatic nitrogens is 2. The number of halogens is 4. The van der Waals surface area contributed by atoms with Crippen LogP contribution < -0.4 is 9.46 Å². The molecule has 0 aliphatic heterocycles. The minimum Gasteiger partial charge on any atom is -0.495 e. The summed E-state index contributed by atoms with van der Waals surface area (Å²) in [5, 5.41) is 0.947. The fourth-order valence-electron chi connectivity index (χ4n) is 5.10. The molecule has 1 atom stereocenters. The SMILES string of the molecule is COC(=O)C(CCC[N+](C)(C)C)NSc1cc(F)c(CSc2ncc(C(C)(C)c3ccc(Cl)c(OC)c3)n2-c2ccc(F)cc2)c(F)c1. The van der Waals surface area contributed by atoms with Gasteiger partial charge in [0.2, 0.25) is 0 Å². The normalized spacial score (nSPS) is 12.6. The second-order valence-electron chi connectivity index (χ2n) is 12.8. The first-order valence-electron chi connectivity index (χ1n) is 15.2. The number of hydrogen-bond acceptors (Lipinski definition) is 7. The van der Waals surface area contributed by atoms with Crippen LogP contribution in [-0.2, 0) is 20.7 Å². The van der Waals surface area contributed by atoms with E-state index in [1.54, 1.807) is 31.5 Å². The molecule has 1 unspecified atom stereocenters. The fourth-order valence-corrected chi connectivity index (χ4v) is 7.12. The number of ether oxygens (including phenoxy) is 2. The Morgan fingerprint density at radius 3 is 2.31 bits per heavy atom. The van der Waals surface area contributed by atoms with Crippen LogP contribution >= 0.6 is 35.3 Å². The first-order valence-corrected chi connectivity index (χ1v) is 17.4. The average Bonchev–Trinajstić information content (AvgIpc) is 3.46. The zero-order valence-electron chi connectivity index (χ0n) is 28.1. The molecule has 7 nitrogen and oxygen atoms in total. The van der Waals surface area contributed by atoms with Crippen molar-refractivity contribution >= 4 is 41.3 Å². The molecular formula is C35H41ClF3N4O3S2+. The van der Waals surface area contributed by atoms with E-state index in [1.165, 1.54) is 31.4 Å². The molecule has 4 rings (SSSR count). The third-order valence-corrected chi connectivity index (χ3v) is 10.1. The molecule has 1 aromatic heterocycles. The molecule has 0 saturated carbocycles. The smallest absolute Gasteiger partial charge is 0.323 e. The third kappa shape index (κ3) is 9.29. The summed E-state index contributed by atoms with van der Waals surface area (Å²) >= 11 is 8.43. The quantitative estimate of drug-likeness (QED) is 0.0575. The lowest BCUT2D eigenvalue weighted by Crippen LogP contribution is -2.38. The van der Waals surface area contributed by atoms with E-state index in [1.807, 2.05) is 30.5 Å². The van der Waals surface area contributed by atoms with Gasteiger partial charge in [0.15, 0.2) is 5.16 Å². The Balaban J connectivity index is 1.57. The minimum atomic E-state index is -0.722. The van der Waals surface area contributed by atoms with Gasteiger partial charge in [-0.25, -0.2) is 22.9 Å². The highest BCUT2D eigenvalue weighted by Crippen LogP contribution is 2.39. The Kier molecular flexibility index (Phi) is 12.6. The fraction of sp³-hybridized carbons (Fsp3) is 0.371. The van der Waals surface area contributed by atoms with Gasteiger partial charge in [-0.2, -0.15) is 0 Å². The van der Waals surface area contributed by atoms with Crippen LogP contribution in [0.3, 0.4) is 0 Å². The van der Waals surface area contributed by atoms with Crippen molar-refractivity contribution in [1.29, 1.82) is 0 Å². The number of benzene rings is 3. The summed E-state index contributed by atoms with van der Waals surface area (Å²) in [7, 11) is 9.05. The zero-order valence-corrected chi connectivity index (χ0v) is 30.5. The lowest BCUT2D eigenvalue weighted by Gasteiger charge is -2.28. The van der Waals surface area contributed by atoms with E-state index in [2.05, 4.69) is 30.8 Å². The molecule has 0 aliphatic rings. The van der Waals surface area contributed by atoms with Gasteiger partial charge in [-0.1, -0.05) is 43.3 Å². The van der Waals surface area contributed by atoms with Crippen molar-refractivity contribution in [2.45, 2.75) is 54.0 Å². The minimum absolute atomic E-state index is 0.0568. The number of methoxy groups -OCH3 is 2. The number of quaternary nitrogens is 1. The van der Waals surface area contributed by atoms with Crippen LogP contribution in [0.25, 0.3) is 5.69 Å². The molecule has 0 bridgehead atoms. The second-order valence-corrected chi connectivity index (χ2v) is 15.1. The van der Waals surface area contributed by atoms with Crippen LogP contribution in [0.4, 0.5) is 13.2 Å². The zero-order chi connectivity index (χ0) is 35.2. The van der Waals surface area contributed by atoms with Gasteiger partial charge in [0.05, 0.1) is 58.8 Å². The number of carbonyl (C=O) groups excluding carboxylic acids is 1. The van der Waals surface area contributed by atoms with E-state index in [4.69, 9.17) is 21.1 Å². The summed E-state index contributed by atoms with van der Waals surface area (Å²) in [6.45, 7) is 4.88. The van der Waals surface area contributed by atoms with Crippen LogP contribution in [0.15, 0.2) is 70.8 Å². The highest BCUT2D eigenvalue weighted by Gasteiger charge is 2.31. The van der Waals surface area contributed by atoms with E-state index in [0.29, 0.717) is 28.0 Å². The number of nitrogens with one attached hydrogen (secondary N) is 1. The Bertz CT molecular complexity index is 1710. The molecule has 1 N–H and O–H groups in total. The van der Waals surface area contributed by atoms with Crippen molar-refractivity contribution in [3.05, 3.63) is 100 Å². The van der Waals surface area contributed by atoms with E-state index in [-0.39, 0.29) is 16.2 Å². The number of carbonyl (C=O) groups is 1. The van der Waals surface area contributed by atoms with Crippen LogP contribution in [0.1, 0.15) is 43.5 Å². The summed E-state index contributed by atoms with van der Waals surface area (Å²) in [5.41, 5.74) is 1.55. The van der Waals surface area contributed by atoms with Gasteiger partial charge in [0.1, 0.15) is 29.2 Å². The van der Waals surface area contributed by atoms with Gasteiger partial charge >= 0.3 is 5.97 Å².